The Kier molecular flexibility index (Phi) is 2.55. The molecule has 0 aromatic carbocycles. The Balaban J connectivity index is 2.15. The highest BCUT2D eigenvalue weighted by atomic mass is 32.1. The van der Waals surface area contributed by atoms with Crippen LogP contribution in [0.1, 0.15) is 11.4 Å². The van der Waals surface area contributed by atoms with E-state index in [1.165, 1.54) is 11.3 Å². The molecule has 3 nitrogen and oxygen atoms in total. The van der Waals surface area contributed by atoms with E-state index >= 15 is 0 Å². The van der Waals surface area contributed by atoms with Crippen molar-refractivity contribution in [3.8, 4) is 0 Å². The molecule has 2 aromatic heterocycles. The first-order valence-electron chi connectivity index (χ1n) is 4.15. The SMILES string of the molecule is Nc1nc(C=Cc2ccccn2)cs1. The van der Waals surface area contributed by atoms with Gasteiger partial charge in [-0.25, -0.2) is 4.98 Å². The van der Waals surface area contributed by atoms with E-state index in [0.29, 0.717) is 5.13 Å². The van der Waals surface area contributed by atoms with Gasteiger partial charge in [-0.2, -0.15) is 0 Å². The summed E-state index contributed by atoms with van der Waals surface area (Å²) in [6.07, 6.45) is 5.57. The van der Waals surface area contributed by atoms with E-state index in [1.807, 2.05) is 35.7 Å². The number of aromatic nitrogens is 2. The molecule has 2 aromatic rings. The minimum absolute atomic E-state index is 0.589. The van der Waals surface area contributed by atoms with Crippen molar-refractivity contribution in [1.29, 1.82) is 0 Å². The lowest BCUT2D eigenvalue weighted by atomic mass is 10.3. The smallest absolute Gasteiger partial charge is 0.180 e. The predicted octanol–water partition coefficient (Wildman–Crippen LogP) is 2.29. The molecule has 0 unspecified atom stereocenters. The van der Waals surface area contributed by atoms with Gasteiger partial charge in [0.15, 0.2) is 5.13 Å². The van der Waals surface area contributed by atoms with Gasteiger partial charge in [0.2, 0.25) is 0 Å². The number of nitrogen functional groups attached to an aromatic ring is 1. The van der Waals surface area contributed by atoms with Crippen molar-refractivity contribution in [3.63, 3.8) is 0 Å². The Labute approximate surface area is 85.9 Å². The molecule has 70 valence electrons. The van der Waals surface area contributed by atoms with Crippen molar-refractivity contribution >= 4 is 28.6 Å². The molecular formula is C10H9N3S. The lowest BCUT2D eigenvalue weighted by molar-refractivity contribution is 1.30. The maximum atomic E-state index is 5.51. The molecule has 0 amide bonds. The van der Waals surface area contributed by atoms with Crippen LogP contribution in [-0.2, 0) is 0 Å². The van der Waals surface area contributed by atoms with E-state index in [0.717, 1.165) is 11.4 Å². The molecule has 2 rings (SSSR count). The van der Waals surface area contributed by atoms with E-state index in [1.54, 1.807) is 6.20 Å². The minimum Gasteiger partial charge on any atom is -0.375 e. The summed E-state index contributed by atoms with van der Waals surface area (Å²) in [4.78, 5) is 8.27. The first kappa shape index (κ1) is 8.90. The van der Waals surface area contributed by atoms with Gasteiger partial charge in [0.25, 0.3) is 0 Å². The second-order valence-electron chi connectivity index (χ2n) is 2.70. The van der Waals surface area contributed by atoms with Gasteiger partial charge in [-0.1, -0.05) is 6.07 Å². The second kappa shape index (κ2) is 4.02. The maximum absolute atomic E-state index is 5.51. The lowest BCUT2D eigenvalue weighted by Gasteiger charge is -1.88. The largest absolute Gasteiger partial charge is 0.375 e. The summed E-state index contributed by atoms with van der Waals surface area (Å²) < 4.78 is 0. The predicted molar refractivity (Wildman–Crippen MR) is 59.7 cm³/mol. The van der Waals surface area contributed by atoms with Gasteiger partial charge in [0.1, 0.15) is 0 Å². The van der Waals surface area contributed by atoms with E-state index in [4.69, 9.17) is 5.73 Å². The zero-order valence-electron chi connectivity index (χ0n) is 7.42. The Morgan fingerprint density at radius 1 is 1.21 bits per heavy atom. The summed E-state index contributed by atoms with van der Waals surface area (Å²) in [5, 5.41) is 2.50. The van der Waals surface area contributed by atoms with Gasteiger partial charge in [0, 0.05) is 11.6 Å². The molecule has 0 aliphatic carbocycles. The van der Waals surface area contributed by atoms with Crippen LogP contribution in [0.15, 0.2) is 29.8 Å². The van der Waals surface area contributed by atoms with Crippen molar-refractivity contribution in [2.45, 2.75) is 0 Å². The second-order valence-corrected chi connectivity index (χ2v) is 3.59. The first-order valence-corrected chi connectivity index (χ1v) is 5.03. The van der Waals surface area contributed by atoms with E-state index in [2.05, 4.69) is 9.97 Å². The Morgan fingerprint density at radius 2 is 2.07 bits per heavy atom. The quantitative estimate of drug-likeness (QED) is 0.814. The minimum atomic E-state index is 0.589. The third-order valence-electron chi connectivity index (χ3n) is 1.65. The van der Waals surface area contributed by atoms with Crippen LogP contribution in [0, 0.1) is 0 Å². The molecule has 0 atom stereocenters. The van der Waals surface area contributed by atoms with Crippen LogP contribution in [0.25, 0.3) is 12.2 Å². The molecule has 0 saturated heterocycles. The van der Waals surface area contributed by atoms with Gasteiger partial charge in [-0.15, -0.1) is 11.3 Å². The summed E-state index contributed by atoms with van der Waals surface area (Å²) in [6.45, 7) is 0. The Morgan fingerprint density at radius 3 is 2.71 bits per heavy atom. The van der Waals surface area contributed by atoms with Crippen LogP contribution in [0.5, 0.6) is 0 Å². The third-order valence-corrected chi connectivity index (χ3v) is 2.34. The van der Waals surface area contributed by atoms with Crippen molar-refractivity contribution in [2.75, 3.05) is 5.73 Å². The number of nitrogens with two attached hydrogens (primary N) is 1. The molecule has 0 fully saturated rings. The van der Waals surface area contributed by atoms with Gasteiger partial charge < -0.3 is 5.73 Å². The van der Waals surface area contributed by atoms with Crippen LogP contribution in [0.4, 0.5) is 5.13 Å². The van der Waals surface area contributed by atoms with Crippen LogP contribution < -0.4 is 5.73 Å². The summed E-state index contributed by atoms with van der Waals surface area (Å²) in [7, 11) is 0. The number of pyridine rings is 1. The highest BCUT2D eigenvalue weighted by Gasteiger charge is 1.93. The Bertz CT molecular complexity index is 434. The molecule has 0 aliphatic heterocycles. The third kappa shape index (κ3) is 2.17. The van der Waals surface area contributed by atoms with Crippen LogP contribution in [0.3, 0.4) is 0 Å². The highest BCUT2D eigenvalue weighted by Crippen LogP contribution is 2.13. The van der Waals surface area contributed by atoms with Gasteiger partial charge in [-0.05, 0) is 24.3 Å². The number of nitrogens with zero attached hydrogens (tertiary/aromatic N) is 2. The molecule has 0 bridgehead atoms. The van der Waals surface area contributed by atoms with E-state index < -0.39 is 0 Å². The van der Waals surface area contributed by atoms with E-state index in [9.17, 15) is 0 Å². The molecule has 2 N–H and O–H groups in total. The van der Waals surface area contributed by atoms with Crippen molar-refractivity contribution < 1.29 is 0 Å². The molecule has 0 spiro atoms. The molecule has 0 aliphatic rings. The number of rotatable bonds is 2. The van der Waals surface area contributed by atoms with Gasteiger partial charge in [0.05, 0.1) is 11.4 Å². The van der Waals surface area contributed by atoms with Crippen LogP contribution >= 0.6 is 11.3 Å². The summed E-state index contributed by atoms with van der Waals surface area (Å²) >= 11 is 1.43. The number of hydrogen-bond donors (Lipinski definition) is 1. The standard InChI is InChI=1S/C10H9N3S/c11-10-13-9(7-14-10)5-4-8-3-1-2-6-12-8/h1-7H,(H2,11,13). The molecule has 0 saturated carbocycles. The molecule has 2 heterocycles. The number of anilines is 1. The zero-order chi connectivity index (χ0) is 9.80. The molecule has 0 radical (unpaired) electrons. The summed E-state index contributed by atoms with van der Waals surface area (Å²) in [5.41, 5.74) is 7.29. The fourth-order valence-corrected chi connectivity index (χ4v) is 1.55. The van der Waals surface area contributed by atoms with Crippen molar-refractivity contribution in [1.82, 2.24) is 9.97 Å². The number of thiazole rings is 1. The van der Waals surface area contributed by atoms with Gasteiger partial charge >= 0.3 is 0 Å². The normalized spacial score (nSPS) is 10.9. The van der Waals surface area contributed by atoms with E-state index in [-0.39, 0.29) is 0 Å². The molecule has 4 heteroatoms. The molecular weight excluding hydrogens is 194 g/mol. The van der Waals surface area contributed by atoms with Crippen molar-refractivity contribution in [3.05, 3.63) is 41.2 Å². The van der Waals surface area contributed by atoms with Crippen molar-refractivity contribution in [2.24, 2.45) is 0 Å². The fourth-order valence-electron chi connectivity index (χ4n) is 1.02. The fraction of sp³-hybridized carbons (Fsp3) is 0. The topological polar surface area (TPSA) is 51.8 Å². The maximum Gasteiger partial charge on any atom is 0.180 e. The first-order chi connectivity index (χ1) is 6.84. The van der Waals surface area contributed by atoms with Crippen LogP contribution in [-0.4, -0.2) is 9.97 Å². The van der Waals surface area contributed by atoms with Gasteiger partial charge in [-0.3, -0.25) is 4.98 Å². The lowest BCUT2D eigenvalue weighted by Crippen LogP contribution is -1.81. The monoisotopic (exact) mass is 203 g/mol. The Hall–Kier alpha value is -1.68. The summed E-state index contributed by atoms with van der Waals surface area (Å²) in [6, 6.07) is 5.77. The van der Waals surface area contributed by atoms with Crippen LogP contribution in [0.2, 0.25) is 0 Å². The average Bonchev–Trinajstić information content (AvgIpc) is 2.63. The zero-order valence-corrected chi connectivity index (χ0v) is 8.24. The average molecular weight is 203 g/mol. The summed E-state index contributed by atoms with van der Waals surface area (Å²) in [5.74, 6) is 0. The highest BCUT2D eigenvalue weighted by molar-refractivity contribution is 7.13. The molecule has 14 heavy (non-hydrogen) atoms. The number of hydrogen-bond acceptors (Lipinski definition) is 4.